The third kappa shape index (κ3) is 8.18. The van der Waals surface area contributed by atoms with Crippen molar-refractivity contribution in [3.05, 3.63) is 0 Å². The molecule has 0 unspecified atom stereocenters. The van der Waals surface area contributed by atoms with E-state index in [2.05, 4.69) is 4.12 Å². The summed E-state index contributed by atoms with van der Waals surface area (Å²) in [6.07, 6.45) is 0. The van der Waals surface area contributed by atoms with Gasteiger partial charge < -0.3 is 4.12 Å². The van der Waals surface area contributed by atoms with Gasteiger partial charge in [0.1, 0.15) is 0 Å². The Balaban J connectivity index is 3.75. The van der Waals surface area contributed by atoms with Crippen molar-refractivity contribution in [1.82, 2.24) is 0 Å². The number of hydrogen-bond acceptors (Lipinski definition) is 1. The van der Waals surface area contributed by atoms with Gasteiger partial charge in [-0.25, -0.2) is 8.22 Å². The van der Waals surface area contributed by atoms with E-state index in [1.54, 1.807) is 0 Å². The molecule has 0 saturated carbocycles. The minimum atomic E-state index is -4.61. The Kier molecular flexibility index (Phi) is 2.48. The first-order chi connectivity index (χ1) is 3.71. The van der Waals surface area contributed by atoms with E-state index in [1.165, 1.54) is 0 Å². The topological polar surface area (TPSA) is 9.23 Å². The summed E-state index contributed by atoms with van der Waals surface area (Å²) in [5, 5.41) is 0. The van der Waals surface area contributed by atoms with Crippen molar-refractivity contribution in [1.29, 1.82) is 0 Å². The van der Waals surface area contributed by atoms with Crippen LogP contribution in [0.15, 0.2) is 0 Å². The summed E-state index contributed by atoms with van der Waals surface area (Å²) in [6, 6.07) is 0. The molecule has 0 heterocycles. The molecule has 56 valence electrons. The lowest BCUT2D eigenvalue weighted by atomic mass is 11.9. The maximum Gasteiger partial charge on any atom is 0.566 e. The molecular weight excluding hydrogens is 165 g/mol. The van der Waals surface area contributed by atoms with Crippen LogP contribution in [0.2, 0.25) is 19.6 Å². The van der Waals surface area contributed by atoms with E-state index in [9.17, 15) is 12.3 Å². The maximum absolute atomic E-state index is 12.4. The highest BCUT2D eigenvalue weighted by molar-refractivity contribution is 6.75. The first kappa shape index (κ1) is 9.18. The smallest absolute Gasteiger partial charge is 0.385 e. The second-order valence-electron chi connectivity index (χ2n) is 2.27. The second-order valence-corrected chi connectivity index (χ2v) is 7.43. The molecule has 0 aromatic carbocycles. The van der Waals surface area contributed by atoms with Gasteiger partial charge in [0.2, 0.25) is 0 Å². The molecule has 9 heavy (non-hydrogen) atoms. The lowest BCUT2D eigenvalue weighted by Crippen LogP contribution is -2.37. The molecule has 0 aromatic rings. The Hall–Kier alpha value is 0.184. The Morgan fingerprint density at radius 1 is 1.00 bits per heavy atom. The Morgan fingerprint density at radius 2 is 1.33 bits per heavy atom. The molecule has 0 aliphatic rings. The highest BCUT2D eigenvalue weighted by Crippen LogP contribution is 2.16. The first-order valence-electron chi connectivity index (χ1n) is 2.48. The van der Waals surface area contributed by atoms with Crippen molar-refractivity contribution in [2.75, 3.05) is 0 Å². The van der Waals surface area contributed by atoms with Crippen molar-refractivity contribution in [2.24, 2.45) is 0 Å². The van der Waals surface area contributed by atoms with Crippen LogP contribution < -0.4 is 0 Å². The molecule has 0 bridgehead atoms. The summed E-state index contributed by atoms with van der Waals surface area (Å²) in [6.45, 7) is 2.86. The summed E-state index contributed by atoms with van der Waals surface area (Å²) >= 11 is 0. The van der Waals surface area contributed by atoms with Gasteiger partial charge in [0.15, 0.2) is 0 Å². The minimum Gasteiger partial charge on any atom is -0.385 e. The SMILES string of the molecule is C[Si](C)(F)O[Si](C)(F)F. The van der Waals surface area contributed by atoms with Gasteiger partial charge in [0, 0.05) is 6.55 Å². The van der Waals surface area contributed by atoms with Gasteiger partial charge in [-0.1, -0.05) is 0 Å². The Bertz CT molecular complexity index is 82.2. The number of hydrogen-bond donors (Lipinski definition) is 0. The second kappa shape index (κ2) is 2.43. The predicted octanol–water partition coefficient (Wildman–Crippen LogP) is 2.18. The van der Waals surface area contributed by atoms with Crippen molar-refractivity contribution in [3.8, 4) is 0 Å². The molecule has 0 spiro atoms. The van der Waals surface area contributed by atoms with Crippen LogP contribution in [0.4, 0.5) is 12.3 Å². The number of halogens is 3. The van der Waals surface area contributed by atoms with E-state index in [-0.39, 0.29) is 0 Å². The van der Waals surface area contributed by atoms with Gasteiger partial charge in [-0.2, -0.15) is 0 Å². The molecule has 0 rings (SSSR count). The first-order valence-corrected chi connectivity index (χ1v) is 7.43. The molecular formula is C3H9F3OSi2. The molecule has 0 atom stereocenters. The highest BCUT2D eigenvalue weighted by Gasteiger charge is 2.40. The summed E-state index contributed by atoms with van der Waals surface area (Å²) in [5.41, 5.74) is 0. The van der Waals surface area contributed by atoms with Gasteiger partial charge in [0.25, 0.3) is 0 Å². The van der Waals surface area contributed by atoms with Crippen molar-refractivity contribution in [2.45, 2.75) is 19.6 Å². The average molecular weight is 174 g/mol. The minimum absolute atomic E-state index is 0.668. The third-order valence-electron chi connectivity index (χ3n) is 0.422. The molecule has 0 saturated heterocycles. The zero-order chi connectivity index (χ0) is 7.71. The molecule has 0 fully saturated rings. The third-order valence-corrected chi connectivity index (χ3v) is 3.80. The van der Waals surface area contributed by atoms with Crippen LogP contribution in [0.1, 0.15) is 0 Å². The van der Waals surface area contributed by atoms with Gasteiger partial charge >= 0.3 is 17.6 Å². The number of rotatable bonds is 2. The van der Waals surface area contributed by atoms with E-state index in [0.29, 0.717) is 6.55 Å². The summed E-state index contributed by atoms with van der Waals surface area (Å²) in [7, 11) is -8.09. The zero-order valence-electron chi connectivity index (χ0n) is 5.54. The van der Waals surface area contributed by atoms with Crippen LogP contribution in [-0.2, 0) is 4.12 Å². The van der Waals surface area contributed by atoms with Crippen LogP contribution in [0.25, 0.3) is 0 Å². The largest absolute Gasteiger partial charge is 0.566 e. The molecule has 0 N–H and O–H groups in total. The Labute approximate surface area is 54.6 Å². The molecule has 0 aliphatic carbocycles. The maximum atomic E-state index is 12.4. The normalized spacial score (nSPS) is 14.0. The van der Waals surface area contributed by atoms with E-state index < -0.39 is 17.6 Å². The van der Waals surface area contributed by atoms with Gasteiger partial charge in [0.05, 0.1) is 0 Å². The van der Waals surface area contributed by atoms with Gasteiger partial charge in [-0.05, 0) is 13.1 Å². The van der Waals surface area contributed by atoms with Crippen molar-refractivity contribution >= 4 is 17.6 Å². The Morgan fingerprint density at radius 3 is 1.33 bits per heavy atom. The fraction of sp³-hybridized carbons (Fsp3) is 1.00. The molecule has 0 amide bonds. The quantitative estimate of drug-likeness (QED) is 0.460. The highest BCUT2D eigenvalue weighted by atomic mass is 28.5. The summed E-state index contributed by atoms with van der Waals surface area (Å²) in [4.78, 5) is 0. The lowest BCUT2D eigenvalue weighted by Gasteiger charge is -2.15. The van der Waals surface area contributed by atoms with Gasteiger partial charge in [-0.3, -0.25) is 4.11 Å². The molecule has 6 heteroatoms. The predicted molar refractivity (Wildman–Crippen MR) is 33.5 cm³/mol. The van der Waals surface area contributed by atoms with Crippen LogP contribution in [-0.4, -0.2) is 17.6 Å². The van der Waals surface area contributed by atoms with E-state index in [1.807, 2.05) is 0 Å². The zero-order valence-corrected chi connectivity index (χ0v) is 7.54. The standard InChI is InChI=1S/C3H9F3OSi2/c1-8(2,4)7-9(3,5)6/h1-3H3. The summed E-state index contributed by atoms with van der Waals surface area (Å²) < 4.78 is 40.1. The lowest BCUT2D eigenvalue weighted by molar-refractivity contribution is 0.352. The van der Waals surface area contributed by atoms with Gasteiger partial charge in [-0.15, -0.1) is 0 Å². The molecule has 0 radical (unpaired) electrons. The fourth-order valence-corrected chi connectivity index (χ4v) is 3.84. The van der Waals surface area contributed by atoms with E-state index >= 15 is 0 Å². The molecule has 1 nitrogen and oxygen atoms in total. The van der Waals surface area contributed by atoms with Crippen molar-refractivity contribution in [3.63, 3.8) is 0 Å². The van der Waals surface area contributed by atoms with Crippen LogP contribution in [0.5, 0.6) is 0 Å². The monoisotopic (exact) mass is 174 g/mol. The van der Waals surface area contributed by atoms with Crippen LogP contribution in [0, 0.1) is 0 Å². The summed E-state index contributed by atoms with van der Waals surface area (Å²) in [5.74, 6) is 0. The molecule has 0 aliphatic heterocycles. The van der Waals surface area contributed by atoms with Crippen LogP contribution in [0.3, 0.4) is 0 Å². The van der Waals surface area contributed by atoms with E-state index in [0.717, 1.165) is 13.1 Å². The van der Waals surface area contributed by atoms with E-state index in [4.69, 9.17) is 0 Å². The average Bonchev–Trinajstić information content (AvgIpc) is 1.14. The van der Waals surface area contributed by atoms with Crippen LogP contribution >= 0.6 is 0 Å². The fourth-order valence-electron chi connectivity index (χ4n) is 0.426. The van der Waals surface area contributed by atoms with Crippen molar-refractivity contribution < 1.29 is 16.4 Å². The molecule has 0 aromatic heterocycles.